The molecule has 27 heavy (non-hydrogen) atoms. The van der Waals surface area contributed by atoms with Gasteiger partial charge in [0.15, 0.2) is 0 Å². The van der Waals surface area contributed by atoms with E-state index in [4.69, 9.17) is 4.98 Å². The average Bonchev–Trinajstić information content (AvgIpc) is 3.28. The molecule has 0 spiro atoms. The molecule has 3 amide bonds. The second kappa shape index (κ2) is 7.85. The summed E-state index contributed by atoms with van der Waals surface area (Å²) in [5.41, 5.74) is 1.65. The summed E-state index contributed by atoms with van der Waals surface area (Å²) >= 11 is 1.68. The average molecular weight is 380 g/mol. The number of fused-ring (bicyclic) bond motifs is 1. The van der Waals surface area contributed by atoms with Gasteiger partial charge < -0.3 is 5.32 Å². The minimum Gasteiger partial charge on any atom is -0.308 e. The maximum Gasteiger partial charge on any atom is 0.325 e. The van der Waals surface area contributed by atoms with E-state index in [1.165, 1.54) is 0 Å². The fourth-order valence-corrected chi connectivity index (χ4v) is 4.50. The summed E-state index contributed by atoms with van der Waals surface area (Å²) in [7, 11) is 0. The normalized spacial score (nSPS) is 17.1. The molecule has 1 atom stereocenters. The number of nitrogens with zero attached hydrogens (tertiary/aromatic N) is 2. The summed E-state index contributed by atoms with van der Waals surface area (Å²) in [6.07, 6.45) is 1.99. The molecule has 0 radical (unpaired) electrons. The van der Waals surface area contributed by atoms with Crippen LogP contribution in [0.4, 0.5) is 10.5 Å². The molecule has 0 saturated carbocycles. The molecule has 1 saturated heterocycles. The van der Waals surface area contributed by atoms with Crippen molar-refractivity contribution in [1.29, 1.82) is 0 Å². The van der Waals surface area contributed by atoms with Gasteiger partial charge >= 0.3 is 6.03 Å². The highest BCUT2D eigenvalue weighted by Gasteiger charge is 2.30. The lowest BCUT2D eigenvalue weighted by molar-refractivity contribution is -0.121. The molecule has 1 aromatic heterocycles. The van der Waals surface area contributed by atoms with Gasteiger partial charge in [-0.05, 0) is 43.7 Å². The van der Waals surface area contributed by atoms with Crippen molar-refractivity contribution in [3.8, 4) is 0 Å². The number of urea groups is 1. The Morgan fingerprint density at radius 3 is 2.70 bits per heavy atom. The number of carbonyl (C=O) groups is 2. The Balaban J connectivity index is 1.37. The third kappa shape index (κ3) is 4.15. The lowest BCUT2D eigenvalue weighted by Crippen LogP contribution is -2.41. The summed E-state index contributed by atoms with van der Waals surface area (Å²) in [4.78, 5) is 31.1. The van der Waals surface area contributed by atoms with Gasteiger partial charge in [0.1, 0.15) is 5.01 Å². The summed E-state index contributed by atoms with van der Waals surface area (Å²) in [6, 6.07) is 16.7. The number of hydrogen-bond acceptors (Lipinski definition) is 5. The maximum absolute atomic E-state index is 12.3. The van der Waals surface area contributed by atoms with Crippen molar-refractivity contribution in [3.05, 3.63) is 59.6 Å². The van der Waals surface area contributed by atoms with Crippen molar-refractivity contribution in [1.82, 2.24) is 15.2 Å². The van der Waals surface area contributed by atoms with Crippen LogP contribution in [-0.4, -0.2) is 34.9 Å². The van der Waals surface area contributed by atoms with Gasteiger partial charge in [-0.2, -0.15) is 0 Å². The van der Waals surface area contributed by atoms with Gasteiger partial charge in [-0.3, -0.25) is 15.0 Å². The molecular weight excluding hydrogens is 360 g/mol. The van der Waals surface area contributed by atoms with Crippen molar-refractivity contribution in [2.75, 3.05) is 18.4 Å². The number of nitrogens with one attached hydrogen (secondary N) is 2. The molecule has 1 fully saturated rings. The van der Waals surface area contributed by atoms with E-state index in [2.05, 4.69) is 21.6 Å². The highest BCUT2D eigenvalue weighted by atomic mass is 32.1. The Kier molecular flexibility index (Phi) is 5.13. The predicted octanol–water partition coefficient (Wildman–Crippen LogP) is 3.78. The zero-order valence-corrected chi connectivity index (χ0v) is 15.5. The molecule has 0 aliphatic carbocycles. The largest absolute Gasteiger partial charge is 0.325 e. The van der Waals surface area contributed by atoms with Crippen molar-refractivity contribution < 1.29 is 9.59 Å². The van der Waals surface area contributed by atoms with Crippen LogP contribution in [0.15, 0.2) is 54.6 Å². The van der Waals surface area contributed by atoms with Gasteiger partial charge in [0.2, 0.25) is 5.91 Å². The highest BCUT2D eigenvalue weighted by molar-refractivity contribution is 7.18. The Labute approximate surface area is 161 Å². The van der Waals surface area contributed by atoms with Crippen LogP contribution in [0.3, 0.4) is 0 Å². The van der Waals surface area contributed by atoms with Gasteiger partial charge in [0, 0.05) is 5.69 Å². The van der Waals surface area contributed by atoms with E-state index in [9.17, 15) is 9.59 Å². The topological polar surface area (TPSA) is 74.3 Å². The fraction of sp³-hybridized carbons (Fsp3) is 0.250. The molecule has 7 heteroatoms. The van der Waals surface area contributed by atoms with Crippen molar-refractivity contribution in [2.24, 2.45) is 0 Å². The number of carbonyl (C=O) groups excluding carboxylic acids is 2. The minimum atomic E-state index is -0.512. The summed E-state index contributed by atoms with van der Waals surface area (Å²) in [5.74, 6) is -0.309. The van der Waals surface area contributed by atoms with Gasteiger partial charge in [-0.25, -0.2) is 9.78 Å². The number of imide groups is 1. The lowest BCUT2D eigenvalue weighted by Gasteiger charge is -2.21. The number of para-hydroxylation sites is 2. The Bertz CT molecular complexity index is 924. The zero-order chi connectivity index (χ0) is 18.6. The van der Waals surface area contributed by atoms with Gasteiger partial charge in [-0.15, -0.1) is 11.3 Å². The first kappa shape index (κ1) is 17.6. The molecule has 0 unspecified atom stereocenters. The van der Waals surface area contributed by atoms with Crippen LogP contribution in [0, 0.1) is 0 Å². The summed E-state index contributed by atoms with van der Waals surface area (Å²) in [6.45, 7) is 1.01. The predicted molar refractivity (Wildman–Crippen MR) is 107 cm³/mol. The van der Waals surface area contributed by atoms with E-state index in [1.54, 1.807) is 23.5 Å². The number of hydrogen-bond donors (Lipinski definition) is 2. The van der Waals surface area contributed by atoms with E-state index in [1.807, 2.05) is 36.4 Å². The Morgan fingerprint density at radius 2 is 1.89 bits per heavy atom. The van der Waals surface area contributed by atoms with Crippen LogP contribution < -0.4 is 10.6 Å². The minimum absolute atomic E-state index is 0.130. The number of rotatable bonds is 4. The van der Waals surface area contributed by atoms with Crippen molar-refractivity contribution in [3.63, 3.8) is 0 Å². The quantitative estimate of drug-likeness (QED) is 0.722. The smallest absolute Gasteiger partial charge is 0.308 e. The van der Waals surface area contributed by atoms with Crippen LogP contribution in [0.1, 0.15) is 23.9 Å². The van der Waals surface area contributed by atoms with Crippen LogP contribution in [-0.2, 0) is 4.79 Å². The molecule has 1 aliphatic heterocycles. The van der Waals surface area contributed by atoms with Gasteiger partial charge in [0.05, 0.1) is 22.8 Å². The third-order valence-corrected chi connectivity index (χ3v) is 5.73. The van der Waals surface area contributed by atoms with Crippen LogP contribution in [0.2, 0.25) is 0 Å². The van der Waals surface area contributed by atoms with Crippen molar-refractivity contribution >= 4 is 39.2 Å². The summed E-state index contributed by atoms with van der Waals surface area (Å²) in [5, 5.41) is 6.10. The molecule has 3 aromatic rings. The van der Waals surface area contributed by atoms with Crippen LogP contribution >= 0.6 is 11.3 Å². The fourth-order valence-electron chi connectivity index (χ4n) is 3.36. The molecule has 2 N–H and O–H groups in total. The molecule has 4 rings (SSSR count). The zero-order valence-electron chi connectivity index (χ0n) is 14.7. The van der Waals surface area contributed by atoms with Crippen LogP contribution in [0.25, 0.3) is 10.2 Å². The van der Waals surface area contributed by atoms with Gasteiger partial charge in [0.25, 0.3) is 0 Å². The van der Waals surface area contributed by atoms with Crippen molar-refractivity contribution in [2.45, 2.75) is 18.9 Å². The van der Waals surface area contributed by atoms with E-state index in [0.717, 1.165) is 34.6 Å². The number of anilines is 1. The second-order valence-electron chi connectivity index (χ2n) is 6.52. The monoisotopic (exact) mass is 380 g/mol. The lowest BCUT2D eigenvalue weighted by atomic mass is 10.2. The Morgan fingerprint density at radius 1 is 1.11 bits per heavy atom. The van der Waals surface area contributed by atoms with Crippen LogP contribution in [0.5, 0.6) is 0 Å². The first-order chi connectivity index (χ1) is 13.2. The highest BCUT2D eigenvalue weighted by Crippen LogP contribution is 2.36. The third-order valence-electron chi connectivity index (χ3n) is 4.59. The number of thiazole rings is 1. The molecule has 1 aliphatic rings. The van der Waals surface area contributed by atoms with E-state index in [-0.39, 0.29) is 18.5 Å². The number of amides is 3. The molecule has 138 valence electrons. The maximum atomic E-state index is 12.3. The SMILES string of the molecule is O=C(CN1CCC[C@@H]1c1nc2ccccc2s1)NC(=O)Nc1ccccc1. The second-order valence-corrected chi connectivity index (χ2v) is 7.58. The Hall–Kier alpha value is -2.77. The van der Waals surface area contributed by atoms with E-state index in [0.29, 0.717) is 5.69 Å². The number of benzene rings is 2. The molecule has 6 nitrogen and oxygen atoms in total. The molecule has 2 aromatic carbocycles. The molecule has 0 bridgehead atoms. The first-order valence-corrected chi connectivity index (χ1v) is 9.76. The standard InChI is InChI=1S/C20H20N4O2S/c25-18(23-20(26)21-14-7-2-1-3-8-14)13-24-12-6-10-16(24)19-22-15-9-4-5-11-17(15)27-19/h1-5,7-9,11,16H,6,10,12-13H2,(H2,21,23,25,26)/t16-/m1/s1. The number of aromatic nitrogens is 1. The molecular formula is C20H20N4O2S. The first-order valence-electron chi connectivity index (χ1n) is 8.94. The van der Waals surface area contributed by atoms with Gasteiger partial charge in [-0.1, -0.05) is 30.3 Å². The number of likely N-dealkylation sites (tertiary alicyclic amines) is 1. The summed E-state index contributed by atoms with van der Waals surface area (Å²) < 4.78 is 1.16. The molecule has 2 heterocycles. The van der Waals surface area contributed by atoms with E-state index >= 15 is 0 Å². The van der Waals surface area contributed by atoms with E-state index < -0.39 is 6.03 Å².